The highest BCUT2D eigenvalue weighted by molar-refractivity contribution is 5.69. The average Bonchev–Trinajstić information content (AvgIpc) is 2.17. The topological polar surface area (TPSA) is 98.7 Å². The lowest BCUT2D eigenvalue weighted by atomic mass is 10.0. The predicted molar refractivity (Wildman–Crippen MR) is 51.5 cm³/mol. The van der Waals surface area contributed by atoms with E-state index in [1.807, 2.05) is 0 Å². The Hall–Kier alpha value is -1.75. The minimum Gasteiger partial charge on any atom is -0.339 e. The molecule has 0 saturated heterocycles. The van der Waals surface area contributed by atoms with Crippen molar-refractivity contribution in [2.45, 2.75) is 12.5 Å². The minimum atomic E-state index is -0.691. The summed E-state index contributed by atoms with van der Waals surface area (Å²) in [7, 11) is 0. The predicted octanol–water partition coefficient (Wildman–Crippen LogP) is -0.385. The Balaban J connectivity index is 2.75. The van der Waals surface area contributed by atoms with Crippen LogP contribution in [0.4, 0.5) is 5.69 Å². The fraction of sp³-hybridized carbons (Fsp3) is 0.222. The molecule has 0 heterocycles. The van der Waals surface area contributed by atoms with Crippen molar-refractivity contribution in [2.75, 3.05) is 0 Å². The molecule has 1 unspecified atom stereocenters. The molecule has 5 N–H and O–H groups in total. The van der Waals surface area contributed by atoms with E-state index in [9.17, 15) is 4.91 Å². The van der Waals surface area contributed by atoms with Crippen LogP contribution in [0.5, 0.6) is 0 Å². The first-order valence-corrected chi connectivity index (χ1v) is 4.11. The molecule has 0 spiro atoms. The molecule has 74 valence electrons. The van der Waals surface area contributed by atoms with E-state index in [0.717, 1.165) is 5.56 Å². The molecular weight excluding hydrogens is 184 g/mol. The molecule has 0 bridgehead atoms. The van der Waals surface area contributed by atoms with Gasteiger partial charge < -0.3 is 15.6 Å². The van der Waals surface area contributed by atoms with E-state index in [1.54, 1.807) is 29.4 Å². The van der Waals surface area contributed by atoms with Gasteiger partial charge in [-0.3, -0.25) is 0 Å². The number of aliphatic hydroxyl groups excluding tert-OH is 1. The molecule has 1 atom stereocenters. The highest BCUT2D eigenvalue weighted by Gasteiger charge is 2.15. The molecule has 0 saturated carbocycles. The number of rotatable bonds is 4. The van der Waals surface area contributed by atoms with Gasteiger partial charge in [0.15, 0.2) is 0 Å². The van der Waals surface area contributed by atoms with Gasteiger partial charge in [0.1, 0.15) is 6.42 Å². The Morgan fingerprint density at radius 3 is 2.50 bits per heavy atom. The third-order valence-electron chi connectivity index (χ3n) is 1.86. The summed E-state index contributed by atoms with van der Waals surface area (Å²) in [6.07, 6.45) is -0.00977. The van der Waals surface area contributed by atoms with Crippen LogP contribution in [0.2, 0.25) is 0 Å². The first kappa shape index (κ1) is 10.3. The van der Waals surface area contributed by atoms with Crippen LogP contribution in [-0.4, -0.2) is 15.9 Å². The van der Waals surface area contributed by atoms with Crippen molar-refractivity contribution in [1.29, 1.82) is 0 Å². The molecule has 0 aromatic heterocycles. The summed E-state index contributed by atoms with van der Waals surface area (Å²) in [6.45, 7) is 0. The second kappa shape index (κ2) is 4.48. The van der Waals surface area contributed by atoms with E-state index < -0.39 is 12.0 Å². The SMILES string of the molecule is NC(CC(O)=[OH+])c1ccc([NH+]=O)cc1. The summed E-state index contributed by atoms with van der Waals surface area (Å²) >= 11 is 0. The number of hydrogen-bond donors (Lipinski definition) is 3. The number of aliphatic carboxylic acids is 1. The van der Waals surface area contributed by atoms with E-state index in [0.29, 0.717) is 5.69 Å². The highest BCUT2D eigenvalue weighted by atomic mass is 16.4. The minimum absolute atomic E-state index is 0.00977. The summed E-state index contributed by atoms with van der Waals surface area (Å²) in [5.41, 5.74) is 6.83. The van der Waals surface area contributed by atoms with E-state index in [-0.39, 0.29) is 6.42 Å². The van der Waals surface area contributed by atoms with Crippen LogP contribution in [0.25, 0.3) is 0 Å². The first-order chi connectivity index (χ1) is 6.63. The molecule has 5 nitrogen and oxygen atoms in total. The number of nitrogens with one attached hydrogen (secondary N) is 1. The maximum absolute atomic E-state index is 10.2. The molecule has 0 radical (unpaired) electrons. The number of nitroso groups, excluding NO2 is 1. The van der Waals surface area contributed by atoms with Crippen molar-refractivity contribution in [1.82, 2.24) is 0 Å². The zero-order valence-electron chi connectivity index (χ0n) is 7.47. The molecule has 1 aromatic carbocycles. The van der Waals surface area contributed by atoms with Gasteiger partial charge in [0.2, 0.25) is 0 Å². The molecule has 1 rings (SSSR count). The van der Waals surface area contributed by atoms with Crippen LogP contribution in [0.1, 0.15) is 18.0 Å². The average molecular weight is 196 g/mol. The van der Waals surface area contributed by atoms with Gasteiger partial charge in [0.05, 0.1) is 0 Å². The van der Waals surface area contributed by atoms with E-state index >= 15 is 0 Å². The normalized spacial score (nSPS) is 12.1. The van der Waals surface area contributed by atoms with Crippen molar-refractivity contribution in [3.05, 3.63) is 34.7 Å². The van der Waals surface area contributed by atoms with E-state index in [4.69, 9.17) is 15.6 Å². The lowest BCUT2D eigenvalue weighted by Crippen LogP contribution is -2.55. The summed E-state index contributed by atoms with van der Waals surface area (Å²) < 4.78 is 0. The zero-order chi connectivity index (χ0) is 10.6. The van der Waals surface area contributed by atoms with Gasteiger partial charge in [-0.2, -0.15) is 0 Å². The Morgan fingerprint density at radius 2 is 2.07 bits per heavy atom. The van der Waals surface area contributed by atoms with Crippen molar-refractivity contribution < 1.29 is 15.1 Å². The maximum Gasteiger partial charge on any atom is 0.482 e. The molecule has 0 amide bonds. The quantitative estimate of drug-likeness (QED) is 0.572. The standard InChI is InChI=1S/C9H10N2O3/c10-8(5-9(12)13)6-1-3-7(11-14)4-2-6/h1-4,8H,5,10H2,(H,12,13)/p+2. The maximum atomic E-state index is 10.2. The third-order valence-corrected chi connectivity index (χ3v) is 1.86. The first-order valence-electron chi connectivity index (χ1n) is 4.11. The van der Waals surface area contributed by atoms with Gasteiger partial charge in [-0.1, -0.05) is 12.1 Å². The van der Waals surface area contributed by atoms with Crippen molar-refractivity contribution in [3.8, 4) is 0 Å². The van der Waals surface area contributed by atoms with Gasteiger partial charge in [0.25, 0.3) is 5.69 Å². The lowest BCUT2D eigenvalue weighted by molar-refractivity contribution is -0.379. The van der Waals surface area contributed by atoms with Gasteiger partial charge >= 0.3 is 5.97 Å². The number of hydrogen-bond acceptors (Lipinski definition) is 2. The van der Waals surface area contributed by atoms with Crippen molar-refractivity contribution >= 4 is 11.7 Å². The molecule has 0 fully saturated rings. The molecule has 0 aliphatic rings. The largest absolute Gasteiger partial charge is 0.482 e. The van der Waals surface area contributed by atoms with Crippen LogP contribution < -0.4 is 10.9 Å². The van der Waals surface area contributed by atoms with Crippen LogP contribution in [0.15, 0.2) is 24.3 Å². The molecular formula is C9H12N2O3+2. The van der Waals surface area contributed by atoms with Gasteiger partial charge in [-0.05, 0) is 5.56 Å². The van der Waals surface area contributed by atoms with Crippen molar-refractivity contribution in [2.24, 2.45) is 5.73 Å². The van der Waals surface area contributed by atoms with Crippen LogP contribution >= 0.6 is 0 Å². The summed E-state index contributed by atoms with van der Waals surface area (Å²) in [6, 6.07) is 6.01. The molecule has 1 aromatic rings. The summed E-state index contributed by atoms with van der Waals surface area (Å²) in [5, 5.41) is 10.4. The summed E-state index contributed by atoms with van der Waals surface area (Å²) in [4.78, 5) is 18.8. The smallest absolute Gasteiger partial charge is 0.339 e. The van der Waals surface area contributed by atoms with Gasteiger partial charge in [0, 0.05) is 28.3 Å². The Kier molecular flexibility index (Phi) is 3.30. The second-order valence-corrected chi connectivity index (χ2v) is 2.95. The van der Waals surface area contributed by atoms with Gasteiger partial charge in [-0.15, -0.1) is 0 Å². The molecule has 5 heteroatoms. The van der Waals surface area contributed by atoms with E-state index in [1.165, 1.54) is 0 Å². The summed E-state index contributed by atoms with van der Waals surface area (Å²) in [5.74, 6) is -0.691. The molecule has 0 aliphatic heterocycles. The number of carboxylic acids is 1. The zero-order valence-corrected chi connectivity index (χ0v) is 7.47. The number of nitrogens with two attached hydrogens (primary N) is 1. The Labute approximate surface area is 80.5 Å². The third kappa shape index (κ3) is 2.63. The second-order valence-electron chi connectivity index (χ2n) is 2.95. The van der Waals surface area contributed by atoms with Gasteiger partial charge in [-0.25, -0.2) is 0 Å². The monoisotopic (exact) mass is 196 g/mol. The molecule has 14 heavy (non-hydrogen) atoms. The van der Waals surface area contributed by atoms with Crippen LogP contribution in [0, 0.1) is 4.91 Å². The fourth-order valence-corrected chi connectivity index (χ4v) is 1.11. The Bertz CT molecular complexity index is 334. The highest BCUT2D eigenvalue weighted by Crippen LogP contribution is 2.14. The van der Waals surface area contributed by atoms with Crippen LogP contribution in [0.3, 0.4) is 0 Å². The Morgan fingerprint density at radius 1 is 1.50 bits per heavy atom. The number of carboxylic acid groups (broad SMARTS) is 1. The van der Waals surface area contributed by atoms with E-state index in [2.05, 4.69) is 0 Å². The molecule has 0 aliphatic carbocycles. The van der Waals surface area contributed by atoms with Crippen LogP contribution in [-0.2, 0) is 0 Å². The number of benzene rings is 1. The lowest BCUT2D eigenvalue weighted by Gasteiger charge is -2.05. The fourth-order valence-electron chi connectivity index (χ4n) is 1.11. The van der Waals surface area contributed by atoms with Crippen molar-refractivity contribution in [3.63, 3.8) is 0 Å².